The fraction of sp³-hybridized carbons (Fsp3) is 1.00. The first kappa shape index (κ1) is 15.1. The fourth-order valence-electron chi connectivity index (χ4n) is 1.44. The maximum atomic E-state index is 5.80. The predicted octanol–water partition coefficient (Wildman–Crippen LogP) is 2.70. The molecule has 0 heterocycles. The quantitative estimate of drug-likeness (QED) is 0.400. The minimum absolute atomic E-state index is 0.402. The zero-order chi connectivity index (χ0) is 11.4. The molecule has 0 aliphatic carbocycles. The van der Waals surface area contributed by atoms with Gasteiger partial charge in [0.1, 0.15) is 0 Å². The van der Waals surface area contributed by atoms with Crippen LogP contribution < -0.4 is 0 Å². The van der Waals surface area contributed by atoms with Crippen molar-refractivity contribution in [2.24, 2.45) is 0 Å². The molecule has 0 aliphatic heterocycles. The Morgan fingerprint density at radius 1 is 0.867 bits per heavy atom. The molecule has 0 rings (SSSR count). The molecule has 0 radical (unpaired) electrons. The molecular formula is C12H29NOSi. The van der Waals surface area contributed by atoms with Crippen molar-refractivity contribution in [3.63, 3.8) is 0 Å². The lowest BCUT2D eigenvalue weighted by molar-refractivity contribution is 0.271. The predicted molar refractivity (Wildman–Crippen MR) is 70.8 cm³/mol. The second-order valence-corrected chi connectivity index (χ2v) is 5.78. The largest absolute Gasteiger partial charge is 0.408 e. The van der Waals surface area contributed by atoms with Crippen molar-refractivity contribution in [2.45, 2.75) is 59.3 Å². The monoisotopic (exact) mass is 231 g/mol. The molecule has 2 nitrogen and oxygen atoms in total. The Morgan fingerprint density at radius 3 is 1.87 bits per heavy atom. The smallest absolute Gasteiger partial charge is 0.238 e. The van der Waals surface area contributed by atoms with Crippen LogP contribution in [0.25, 0.3) is 0 Å². The van der Waals surface area contributed by atoms with Crippen molar-refractivity contribution in [3.8, 4) is 0 Å². The SMILES string of the molecule is CCCCO[SiH2]N(CCCC)CCCC. The number of hydrogen-bond donors (Lipinski definition) is 0. The van der Waals surface area contributed by atoms with Crippen LogP contribution in [0.3, 0.4) is 0 Å². The van der Waals surface area contributed by atoms with Crippen molar-refractivity contribution in [1.29, 1.82) is 0 Å². The molecule has 0 spiro atoms. The Morgan fingerprint density at radius 2 is 1.40 bits per heavy atom. The zero-order valence-corrected chi connectivity index (χ0v) is 12.3. The molecule has 92 valence electrons. The summed E-state index contributed by atoms with van der Waals surface area (Å²) in [7, 11) is -0.402. The summed E-state index contributed by atoms with van der Waals surface area (Å²) < 4.78 is 8.38. The molecule has 0 aromatic heterocycles. The molecule has 0 bridgehead atoms. The molecule has 0 atom stereocenters. The van der Waals surface area contributed by atoms with Crippen molar-refractivity contribution >= 4 is 9.92 Å². The second-order valence-electron chi connectivity index (χ2n) is 4.22. The summed E-state index contributed by atoms with van der Waals surface area (Å²) in [5.41, 5.74) is 0. The lowest BCUT2D eigenvalue weighted by atomic mass is 10.3. The van der Waals surface area contributed by atoms with Gasteiger partial charge in [0.15, 0.2) is 0 Å². The summed E-state index contributed by atoms with van der Waals surface area (Å²) in [6.07, 6.45) is 7.72. The number of unbranched alkanes of at least 4 members (excludes halogenated alkanes) is 3. The molecule has 0 fully saturated rings. The maximum absolute atomic E-state index is 5.80. The maximum Gasteiger partial charge on any atom is 0.238 e. The number of hydrogen-bond acceptors (Lipinski definition) is 2. The molecule has 3 heteroatoms. The van der Waals surface area contributed by atoms with Crippen LogP contribution in [-0.2, 0) is 4.43 Å². The number of rotatable bonds is 11. The molecule has 0 saturated heterocycles. The van der Waals surface area contributed by atoms with E-state index in [-0.39, 0.29) is 0 Å². The van der Waals surface area contributed by atoms with Gasteiger partial charge in [-0.15, -0.1) is 0 Å². The van der Waals surface area contributed by atoms with Crippen LogP contribution in [0.2, 0.25) is 0 Å². The molecule has 0 saturated carbocycles. The van der Waals surface area contributed by atoms with Gasteiger partial charge in [-0.2, -0.15) is 0 Å². The molecule has 0 N–H and O–H groups in total. The molecule has 0 amide bonds. The summed E-state index contributed by atoms with van der Waals surface area (Å²) in [5.74, 6) is 0. The van der Waals surface area contributed by atoms with E-state index in [1.165, 1.54) is 51.6 Å². The van der Waals surface area contributed by atoms with E-state index in [4.69, 9.17) is 4.43 Å². The van der Waals surface area contributed by atoms with Gasteiger partial charge in [-0.1, -0.05) is 40.0 Å². The van der Waals surface area contributed by atoms with Gasteiger partial charge in [-0.05, 0) is 32.4 Å². The topological polar surface area (TPSA) is 12.5 Å². The van der Waals surface area contributed by atoms with Gasteiger partial charge >= 0.3 is 0 Å². The molecule has 15 heavy (non-hydrogen) atoms. The summed E-state index contributed by atoms with van der Waals surface area (Å²) in [5, 5.41) is 0. The third-order valence-electron chi connectivity index (χ3n) is 2.57. The minimum atomic E-state index is -0.402. The third-order valence-corrected chi connectivity index (χ3v) is 4.04. The van der Waals surface area contributed by atoms with Crippen LogP contribution in [0.15, 0.2) is 0 Å². The van der Waals surface area contributed by atoms with Crippen molar-refractivity contribution in [1.82, 2.24) is 4.57 Å². The van der Waals surface area contributed by atoms with E-state index in [9.17, 15) is 0 Å². The van der Waals surface area contributed by atoms with E-state index in [0.29, 0.717) is 0 Å². The molecule has 0 aromatic carbocycles. The van der Waals surface area contributed by atoms with Gasteiger partial charge in [0.2, 0.25) is 9.92 Å². The Hall–Kier alpha value is 0.137. The van der Waals surface area contributed by atoms with Crippen molar-refractivity contribution < 1.29 is 4.43 Å². The van der Waals surface area contributed by atoms with Crippen LogP contribution in [-0.4, -0.2) is 34.2 Å². The van der Waals surface area contributed by atoms with Crippen LogP contribution in [0.4, 0.5) is 0 Å². The average molecular weight is 231 g/mol. The van der Waals surface area contributed by atoms with E-state index < -0.39 is 9.92 Å². The van der Waals surface area contributed by atoms with Gasteiger partial charge in [0.25, 0.3) is 0 Å². The highest BCUT2D eigenvalue weighted by atomic mass is 28.2. The highest BCUT2D eigenvalue weighted by Gasteiger charge is 2.03. The van der Waals surface area contributed by atoms with Crippen molar-refractivity contribution in [3.05, 3.63) is 0 Å². The number of nitrogens with zero attached hydrogens (tertiary/aromatic N) is 1. The first-order chi connectivity index (χ1) is 7.35. The van der Waals surface area contributed by atoms with Crippen LogP contribution in [0.5, 0.6) is 0 Å². The molecular weight excluding hydrogens is 202 g/mol. The highest BCUT2D eigenvalue weighted by Crippen LogP contribution is 1.98. The first-order valence-corrected chi connectivity index (χ1v) is 7.86. The van der Waals surface area contributed by atoms with Gasteiger partial charge in [0.05, 0.1) is 0 Å². The lowest BCUT2D eigenvalue weighted by Crippen LogP contribution is -2.32. The Labute approximate surface area is 98.4 Å². The second kappa shape index (κ2) is 12.2. The molecule has 0 aliphatic rings. The van der Waals surface area contributed by atoms with E-state index in [1.54, 1.807) is 0 Å². The highest BCUT2D eigenvalue weighted by molar-refractivity contribution is 6.23. The van der Waals surface area contributed by atoms with Gasteiger partial charge in [0, 0.05) is 6.61 Å². The Bertz CT molecular complexity index is 114. The molecule has 0 aromatic rings. The Kier molecular flexibility index (Phi) is 12.3. The lowest BCUT2D eigenvalue weighted by Gasteiger charge is -2.21. The normalized spacial score (nSPS) is 12.0. The van der Waals surface area contributed by atoms with E-state index in [2.05, 4.69) is 25.3 Å². The first-order valence-electron chi connectivity index (χ1n) is 6.65. The van der Waals surface area contributed by atoms with Crippen LogP contribution in [0, 0.1) is 0 Å². The van der Waals surface area contributed by atoms with Crippen LogP contribution >= 0.6 is 0 Å². The summed E-state index contributed by atoms with van der Waals surface area (Å²) in [6, 6.07) is 0. The van der Waals surface area contributed by atoms with Crippen molar-refractivity contribution in [2.75, 3.05) is 19.7 Å². The van der Waals surface area contributed by atoms with Gasteiger partial charge in [-0.25, -0.2) is 0 Å². The Balaban J connectivity index is 3.49. The minimum Gasteiger partial charge on any atom is -0.408 e. The fourth-order valence-corrected chi connectivity index (χ4v) is 2.74. The van der Waals surface area contributed by atoms with E-state index >= 15 is 0 Å². The standard InChI is InChI=1S/C12H29NOSi/c1-4-7-10-13(11-8-5-2)15-14-12-9-6-3/h4-12,15H2,1-3H3. The average Bonchev–Trinajstić information content (AvgIpc) is 2.27. The molecule has 0 unspecified atom stereocenters. The summed E-state index contributed by atoms with van der Waals surface area (Å²) in [4.78, 5) is 0. The summed E-state index contributed by atoms with van der Waals surface area (Å²) >= 11 is 0. The third kappa shape index (κ3) is 10.4. The van der Waals surface area contributed by atoms with Gasteiger partial charge in [-0.3, -0.25) is 0 Å². The van der Waals surface area contributed by atoms with E-state index in [1.807, 2.05) is 0 Å². The van der Waals surface area contributed by atoms with Gasteiger partial charge < -0.3 is 8.99 Å². The van der Waals surface area contributed by atoms with Crippen LogP contribution in [0.1, 0.15) is 59.3 Å². The summed E-state index contributed by atoms with van der Waals surface area (Å²) in [6.45, 7) is 10.2. The zero-order valence-electron chi connectivity index (χ0n) is 10.9. The van der Waals surface area contributed by atoms with E-state index in [0.717, 1.165) is 6.61 Å².